The molecule has 5 nitrogen and oxygen atoms in total. The molecule has 2 rings (SSSR count). The number of nitrogens with two attached hydrogens (primary N) is 1. The van der Waals surface area contributed by atoms with Crippen LogP contribution in [-0.4, -0.2) is 21.4 Å². The van der Waals surface area contributed by atoms with Crippen molar-refractivity contribution in [3.8, 4) is 5.75 Å². The molecule has 1 atom stereocenters. The van der Waals surface area contributed by atoms with E-state index in [0.29, 0.717) is 12.4 Å². The fourth-order valence-corrected chi connectivity index (χ4v) is 1.56. The van der Waals surface area contributed by atoms with Crippen molar-refractivity contribution in [2.75, 3.05) is 6.61 Å². The number of nitrogens with zero attached hydrogens (tertiary/aromatic N) is 3. The van der Waals surface area contributed by atoms with Crippen LogP contribution in [-0.2, 0) is 6.54 Å². The predicted octanol–water partition coefficient (Wildman–Crippen LogP) is 1.77. The highest BCUT2D eigenvalue weighted by atomic mass is 16.5. The Morgan fingerprint density at radius 2 is 2.11 bits per heavy atom. The first-order chi connectivity index (χ1) is 8.75. The average molecular weight is 246 g/mol. The fourth-order valence-electron chi connectivity index (χ4n) is 1.56. The van der Waals surface area contributed by atoms with Crippen LogP contribution in [0.3, 0.4) is 0 Å². The Morgan fingerprint density at radius 1 is 1.33 bits per heavy atom. The molecule has 2 aromatic rings. The minimum Gasteiger partial charge on any atom is -0.494 e. The molecule has 0 amide bonds. The van der Waals surface area contributed by atoms with Gasteiger partial charge in [-0.2, -0.15) is 5.10 Å². The summed E-state index contributed by atoms with van der Waals surface area (Å²) in [6, 6.07) is 9.67. The molecule has 0 aliphatic carbocycles. The summed E-state index contributed by atoms with van der Waals surface area (Å²) in [7, 11) is 0. The van der Waals surface area contributed by atoms with E-state index in [4.69, 9.17) is 10.5 Å². The van der Waals surface area contributed by atoms with Gasteiger partial charge < -0.3 is 10.5 Å². The van der Waals surface area contributed by atoms with Gasteiger partial charge in [-0.05, 0) is 19.1 Å². The zero-order chi connectivity index (χ0) is 12.8. The maximum absolute atomic E-state index is 5.69. The van der Waals surface area contributed by atoms with E-state index in [1.165, 1.54) is 0 Å². The standard InChI is InChI=1S/C13H18N4O/c1-11(14)13-15-10-17(16-13)8-5-9-18-12-6-3-2-4-7-12/h2-4,6-7,10-11H,5,8-9,14H2,1H3. The van der Waals surface area contributed by atoms with E-state index in [1.54, 1.807) is 11.0 Å². The Bertz CT molecular complexity index is 467. The van der Waals surface area contributed by atoms with E-state index in [-0.39, 0.29) is 6.04 Å². The van der Waals surface area contributed by atoms with Crippen LogP contribution in [0.1, 0.15) is 25.2 Å². The van der Waals surface area contributed by atoms with Crippen molar-refractivity contribution in [2.45, 2.75) is 25.9 Å². The summed E-state index contributed by atoms with van der Waals surface area (Å²) < 4.78 is 7.39. The minimum absolute atomic E-state index is 0.119. The molecule has 0 spiro atoms. The molecule has 0 fully saturated rings. The summed E-state index contributed by atoms with van der Waals surface area (Å²) in [6.07, 6.45) is 2.60. The lowest BCUT2D eigenvalue weighted by Gasteiger charge is -2.05. The number of aryl methyl sites for hydroxylation is 1. The Balaban J connectivity index is 1.72. The fraction of sp³-hybridized carbons (Fsp3) is 0.385. The van der Waals surface area contributed by atoms with E-state index in [9.17, 15) is 0 Å². The van der Waals surface area contributed by atoms with Gasteiger partial charge in [0.2, 0.25) is 0 Å². The van der Waals surface area contributed by atoms with E-state index >= 15 is 0 Å². The van der Waals surface area contributed by atoms with Crippen molar-refractivity contribution in [1.82, 2.24) is 14.8 Å². The second-order valence-electron chi connectivity index (χ2n) is 4.17. The zero-order valence-electron chi connectivity index (χ0n) is 10.5. The third-order valence-electron chi connectivity index (χ3n) is 2.50. The van der Waals surface area contributed by atoms with Gasteiger partial charge in [-0.3, -0.25) is 4.68 Å². The van der Waals surface area contributed by atoms with Gasteiger partial charge in [0.15, 0.2) is 5.82 Å². The Hall–Kier alpha value is -1.88. The van der Waals surface area contributed by atoms with E-state index < -0.39 is 0 Å². The van der Waals surface area contributed by atoms with Gasteiger partial charge in [-0.25, -0.2) is 4.98 Å². The van der Waals surface area contributed by atoms with Crippen molar-refractivity contribution in [3.63, 3.8) is 0 Å². The molecule has 5 heteroatoms. The highest BCUT2D eigenvalue weighted by molar-refractivity contribution is 5.20. The summed E-state index contributed by atoms with van der Waals surface area (Å²) in [5, 5.41) is 4.28. The molecule has 0 aliphatic heterocycles. The van der Waals surface area contributed by atoms with Crippen molar-refractivity contribution in [3.05, 3.63) is 42.5 Å². The Labute approximate surface area is 107 Å². The maximum Gasteiger partial charge on any atom is 0.166 e. The topological polar surface area (TPSA) is 66.0 Å². The van der Waals surface area contributed by atoms with E-state index in [2.05, 4.69) is 10.1 Å². The van der Waals surface area contributed by atoms with Gasteiger partial charge in [-0.15, -0.1) is 0 Å². The van der Waals surface area contributed by atoms with Crippen molar-refractivity contribution < 1.29 is 4.74 Å². The largest absolute Gasteiger partial charge is 0.494 e. The molecular formula is C13H18N4O. The van der Waals surface area contributed by atoms with E-state index in [0.717, 1.165) is 18.7 Å². The normalized spacial score (nSPS) is 12.3. The summed E-state index contributed by atoms with van der Waals surface area (Å²) >= 11 is 0. The molecule has 1 aromatic heterocycles. The second-order valence-corrected chi connectivity index (χ2v) is 4.17. The average Bonchev–Trinajstić information content (AvgIpc) is 2.85. The summed E-state index contributed by atoms with van der Waals surface area (Å²) in [6.45, 7) is 3.32. The van der Waals surface area contributed by atoms with Crippen LogP contribution in [0.4, 0.5) is 0 Å². The smallest absolute Gasteiger partial charge is 0.166 e. The summed E-state index contributed by atoms with van der Waals surface area (Å²) in [5.74, 6) is 1.58. The van der Waals surface area contributed by atoms with Crippen LogP contribution in [0.5, 0.6) is 5.75 Å². The SMILES string of the molecule is CC(N)c1ncn(CCCOc2ccccc2)n1. The molecule has 0 aliphatic rings. The Kier molecular flexibility index (Phi) is 4.30. The van der Waals surface area contributed by atoms with Crippen molar-refractivity contribution in [2.24, 2.45) is 5.73 Å². The van der Waals surface area contributed by atoms with Crippen LogP contribution < -0.4 is 10.5 Å². The molecule has 0 saturated carbocycles. The number of benzene rings is 1. The molecule has 1 aromatic carbocycles. The molecule has 0 saturated heterocycles. The quantitative estimate of drug-likeness (QED) is 0.789. The molecule has 0 bridgehead atoms. The molecule has 0 radical (unpaired) electrons. The van der Waals surface area contributed by atoms with Gasteiger partial charge in [0.1, 0.15) is 12.1 Å². The highest BCUT2D eigenvalue weighted by Gasteiger charge is 2.04. The lowest BCUT2D eigenvalue weighted by atomic mass is 10.3. The lowest BCUT2D eigenvalue weighted by molar-refractivity contribution is 0.298. The molecule has 2 N–H and O–H groups in total. The highest BCUT2D eigenvalue weighted by Crippen LogP contribution is 2.08. The Morgan fingerprint density at radius 3 is 2.78 bits per heavy atom. The third-order valence-corrected chi connectivity index (χ3v) is 2.50. The molecule has 1 heterocycles. The molecular weight excluding hydrogens is 228 g/mol. The minimum atomic E-state index is -0.119. The van der Waals surface area contributed by atoms with Gasteiger partial charge in [0.05, 0.1) is 12.6 Å². The predicted molar refractivity (Wildman–Crippen MR) is 69.2 cm³/mol. The number of para-hydroxylation sites is 1. The third kappa shape index (κ3) is 3.56. The second kappa shape index (κ2) is 6.16. The van der Waals surface area contributed by atoms with Gasteiger partial charge in [0, 0.05) is 13.0 Å². The van der Waals surface area contributed by atoms with Crippen molar-refractivity contribution >= 4 is 0 Å². The number of aromatic nitrogens is 3. The van der Waals surface area contributed by atoms with Gasteiger partial charge in [0.25, 0.3) is 0 Å². The first kappa shape index (κ1) is 12.6. The number of hydrogen-bond acceptors (Lipinski definition) is 4. The van der Waals surface area contributed by atoms with Gasteiger partial charge >= 0.3 is 0 Å². The molecule has 96 valence electrons. The summed E-state index contributed by atoms with van der Waals surface area (Å²) in [4.78, 5) is 4.14. The van der Waals surface area contributed by atoms with Crippen LogP contribution >= 0.6 is 0 Å². The number of ether oxygens (including phenoxy) is 1. The van der Waals surface area contributed by atoms with Crippen LogP contribution in [0, 0.1) is 0 Å². The van der Waals surface area contributed by atoms with E-state index in [1.807, 2.05) is 37.3 Å². The van der Waals surface area contributed by atoms with Crippen LogP contribution in [0.25, 0.3) is 0 Å². The van der Waals surface area contributed by atoms with Crippen LogP contribution in [0.15, 0.2) is 36.7 Å². The monoisotopic (exact) mass is 246 g/mol. The van der Waals surface area contributed by atoms with Crippen molar-refractivity contribution in [1.29, 1.82) is 0 Å². The zero-order valence-corrected chi connectivity index (χ0v) is 10.5. The summed E-state index contributed by atoms with van der Waals surface area (Å²) in [5.41, 5.74) is 5.69. The first-order valence-corrected chi connectivity index (χ1v) is 6.08. The molecule has 1 unspecified atom stereocenters. The number of hydrogen-bond donors (Lipinski definition) is 1. The maximum atomic E-state index is 5.69. The lowest BCUT2D eigenvalue weighted by Crippen LogP contribution is -2.09. The first-order valence-electron chi connectivity index (χ1n) is 6.08. The van der Waals surface area contributed by atoms with Crippen LogP contribution in [0.2, 0.25) is 0 Å². The van der Waals surface area contributed by atoms with Gasteiger partial charge in [-0.1, -0.05) is 18.2 Å². The number of rotatable bonds is 6. The molecule has 18 heavy (non-hydrogen) atoms.